The lowest BCUT2D eigenvalue weighted by Crippen LogP contribution is -2.28. The molecule has 0 saturated carbocycles. The van der Waals surface area contributed by atoms with E-state index in [2.05, 4.69) is 4.90 Å². The quantitative estimate of drug-likeness (QED) is 0.931. The van der Waals surface area contributed by atoms with Gasteiger partial charge in [0.1, 0.15) is 5.56 Å². The number of carbonyl (C=O) groups is 1. The summed E-state index contributed by atoms with van der Waals surface area (Å²) in [5, 5.41) is 9.94. The predicted octanol–water partition coefficient (Wildman–Crippen LogP) is 2.42. The standard InChI is InChI=1S/C15H17NO5S/c1-16(8-9-2-4-20-5-3-9)13-7-11-12(22-13)6-10(14(17)18)15(19)21-11/h6-7,9H,2-5,8H2,1H3,(H,17,18). The highest BCUT2D eigenvalue weighted by Gasteiger charge is 2.19. The summed E-state index contributed by atoms with van der Waals surface area (Å²) in [6.07, 6.45) is 2.10. The molecule has 2 aromatic rings. The molecule has 118 valence electrons. The third kappa shape index (κ3) is 3.00. The van der Waals surface area contributed by atoms with Crippen LogP contribution in [-0.4, -0.2) is 37.9 Å². The van der Waals surface area contributed by atoms with Gasteiger partial charge < -0.3 is 19.2 Å². The number of carboxylic acid groups (broad SMARTS) is 1. The number of hydrogen-bond acceptors (Lipinski definition) is 6. The molecule has 2 aromatic heterocycles. The van der Waals surface area contributed by atoms with E-state index in [0.29, 0.717) is 16.2 Å². The fourth-order valence-electron chi connectivity index (χ4n) is 2.64. The average Bonchev–Trinajstić information content (AvgIpc) is 2.90. The minimum absolute atomic E-state index is 0.326. The normalized spacial score (nSPS) is 16.0. The maximum absolute atomic E-state index is 11.6. The maximum atomic E-state index is 11.6. The third-order valence-electron chi connectivity index (χ3n) is 3.89. The molecule has 1 aliphatic rings. The summed E-state index contributed by atoms with van der Waals surface area (Å²) in [6.45, 7) is 2.52. The number of rotatable bonds is 4. The second-order valence-electron chi connectivity index (χ2n) is 5.50. The first-order valence-corrected chi connectivity index (χ1v) is 7.96. The SMILES string of the molecule is CN(CC1CCOCC1)c1cc2oc(=O)c(C(=O)O)cc2s1. The smallest absolute Gasteiger partial charge is 0.351 e. The molecule has 7 heteroatoms. The number of fused-ring (bicyclic) bond motifs is 1. The van der Waals surface area contributed by atoms with Crippen molar-refractivity contribution in [2.45, 2.75) is 12.8 Å². The predicted molar refractivity (Wildman–Crippen MR) is 84.1 cm³/mol. The molecule has 0 amide bonds. The van der Waals surface area contributed by atoms with Crippen LogP contribution in [0.2, 0.25) is 0 Å². The van der Waals surface area contributed by atoms with Crippen LogP contribution in [0, 0.1) is 5.92 Å². The van der Waals surface area contributed by atoms with Crippen molar-refractivity contribution in [2.75, 3.05) is 31.7 Å². The topological polar surface area (TPSA) is 80.0 Å². The fourth-order valence-corrected chi connectivity index (χ4v) is 3.64. The van der Waals surface area contributed by atoms with E-state index in [9.17, 15) is 9.59 Å². The number of thiophene rings is 1. The van der Waals surface area contributed by atoms with Crippen molar-refractivity contribution < 1.29 is 19.1 Å². The van der Waals surface area contributed by atoms with Crippen LogP contribution in [-0.2, 0) is 4.74 Å². The molecule has 0 unspecified atom stereocenters. The molecular formula is C15H17NO5S. The molecule has 3 heterocycles. The highest BCUT2D eigenvalue weighted by Crippen LogP contribution is 2.32. The second-order valence-corrected chi connectivity index (χ2v) is 6.56. The minimum Gasteiger partial charge on any atom is -0.477 e. The first kappa shape index (κ1) is 15.1. The molecule has 0 aliphatic carbocycles. The Bertz CT molecular complexity index is 744. The number of nitrogens with zero attached hydrogens (tertiary/aromatic N) is 1. The first-order valence-electron chi connectivity index (χ1n) is 7.14. The van der Waals surface area contributed by atoms with Crippen molar-refractivity contribution in [3.05, 3.63) is 28.1 Å². The fraction of sp³-hybridized carbons (Fsp3) is 0.467. The van der Waals surface area contributed by atoms with Crippen molar-refractivity contribution >= 4 is 32.6 Å². The maximum Gasteiger partial charge on any atom is 0.351 e. The van der Waals surface area contributed by atoms with Crippen LogP contribution in [0.5, 0.6) is 0 Å². The zero-order valence-electron chi connectivity index (χ0n) is 12.2. The molecule has 3 rings (SSSR count). The summed E-state index contributed by atoms with van der Waals surface area (Å²) >= 11 is 1.43. The average molecular weight is 323 g/mol. The number of ether oxygens (including phenoxy) is 1. The summed E-state index contributed by atoms with van der Waals surface area (Å²) in [6, 6.07) is 3.19. The van der Waals surface area contributed by atoms with Crippen LogP contribution >= 0.6 is 11.3 Å². The highest BCUT2D eigenvalue weighted by molar-refractivity contribution is 7.22. The van der Waals surface area contributed by atoms with Gasteiger partial charge in [-0.15, -0.1) is 11.3 Å². The third-order valence-corrected chi connectivity index (χ3v) is 5.07. The van der Waals surface area contributed by atoms with E-state index in [0.717, 1.165) is 37.6 Å². The Labute approximate surface area is 130 Å². The molecule has 0 radical (unpaired) electrons. The van der Waals surface area contributed by atoms with Gasteiger partial charge in [-0.3, -0.25) is 0 Å². The molecule has 1 saturated heterocycles. The lowest BCUT2D eigenvalue weighted by atomic mass is 10.00. The summed E-state index contributed by atoms with van der Waals surface area (Å²) in [5.41, 5.74) is -0.696. The van der Waals surface area contributed by atoms with Gasteiger partial charge >= 0.3 is 11.6 Å². The van der Waals surface area contributed by atoms with Crippen molar-refractivity contribution in [3.63, 3.8) is 0 Å². The molecule has 0 bridgehead atoms. The molecule has 0 atom stereocenters. The largest absolute Gasteiger partial charge is 0.477 e. The molecule has 1 N–H and O–H groups in total. The Balaban J connectivity index is 1.84. The van der Waals surface area contributed by atoms with E-state index in [1.54, 1.807) is 6.07 Å². The van der Waals surface area contributed by atoms with Crippen LogP contribution in [0.4, 0.5) is 5.00 Å². The molecule has 1 aliphatic heterocycles. The van der Waals surface area contributed by atoms with Crippen LogP contribution in [0.1, 0.15) is 23.2 Å². The first-order chi connectivity index (χ1) is 10.5. The molecular weight excluding hydrogens is 306 g/mol. The zero-order valence-corrected chi connectivity index (χ0v) is 13.0. The molecule has 6 nitrogen and oxygen atoms in total. The minimum atomic E-state index is -1.26. The Morgan fingerprint density at radius 3 is 2.82 bits per heavy atom. The molecule has 1 fully saturated rings. The molecule has 0 aromatic carbocycles. The van der Waals surface area contributed by atoms with Gasteiger partial charge in [0.2, 0.25) is 0 Å². The van der Waals surface area contributed by atoms with Crippen molar-refractivity contribution in [2.24, 2.45) is 5.92 Å². The Hall–Kier alpha value is -1.86. The summed E-state index contributed by atoms with van der Waals surface area (Å²) in [5.74, 6) is -0.674. The highest BCUT2D eigenvalue weighted by atomic mass is 32.1. The number of anilines is 1. The molecule has 22 heavy (non-hydrogen) atoms. The van der Waals surface area contributed by atoms with Crippen molar-refractivity contribution in [1.29, 1.82) is 0 Å². The van der Waals surface area contributed by atoms with Gasteiger partial charge in [0.15, 0.2) is 5.58 Å². The van der Waals surface area contributed by atoms with Crippen LogP contribution in [0.25, 0.3) is 10.3 Å². The number of carboxylic acids is 1. The van der Waals surface area contributed by atoms with Gasteiger partial charge in [0.05, 0.1) is 9.70 Å². The van der Waals surface area contributed by atoms with Gasteiger partial charge in [-0.05, 0) is 24.8 Å². The summed E-state index contributed by atoms with van der Waals surface area (Å²) in [4.78, 5) is 24.7. The van der Waals surface area contributed by atoms with Gasteiger partial charge in [-0.1, -0.05) is 0 Å². The van der Waals surface area contributed by atoms with Gasteiger partial charge in [0, 0.05) is 32.9 Å². The lowest BCUT2D eigenvalue weighted by molar-refractivity contribution is 0.0684. The van der Waals surface area contributed by atoms with E-state index in [-0.39, 0.29) is 5.56 Å². The van der Waals surface area contributed by atoms with Crippen LogP contribution < -0.4 is 10.5 Å². The Morgan fingerprint density at radius 2 is 2.14 bits per heavy atom. The van der Waals surface area contributed by atoms with E-state index in [1.165, 1.54) is 17.4 Å². The van der Waals surface area contributed by atoms with E-state index >= 15 is 0 Å². The van der Waals surface area contributed by atoms with Gasteiger partial charge in [-0.2, -0.15) is 0 Å². The number of aromatic carboxylic acids is 1. The van der Waals surface area contributed by atoms with Gasteiger partial charge in [0.25, 0.3) is 0 Å². The molecule has 0 spiro atoms. The number of hydrogen-bond donors (Lipinski definition) is 1. The van der Waals surface area contributed by atoms with Crippen molar-refractivity contribution in [3.8, 4) is 0 Å². The summed E-state index contributed by atoms with van der Waals surface area (Å²) in [7, 11) is 2.00. The van der Waals surface area contributed by atoms with E-state index < -0.39 is 11.6 Å². The van der Waals surface area contributed by atoms with Crippen LogP contribution in [0.3, 0.4) is 0 Å². The van der Waals surface area contributed by atoms with Crippen LogP contribution in [0.15, 0.2) is 21.3 Å². The monoisotopic (exact) mass is 323 g/mol. The Morgan fingerprint density at radius 1 is 1.41 bits per heavy atom. The summed E-state index contributed by atoms with van der Waals surface area (Å²) < 4.78 is 11.1. The van der Waals surface area contributed by atoms with Gasteiger partial charge in [-0.25, -0.2) is 9.59 Å². The Kier molecular flexibility index (Phi) is 4.17. The van der Waals surface area contributed by atoms with E-state index in [4.69, 9.17) is 14.3 Å². The second kappa shape index (κ2) is 6.10. The zero-order chi connectivity index (χ0) is 15.7. The van der Waals surface area contributed by atoms with E-state index in [1.807, 2.05) is 7.05 Å². The lowest BCUT2D eigenvalue weighted by Gasteiger charge is -2.27. The van der Waals surface area contributed by atoms with Crippen molar-refractivity contribution in [1.82, 2.24) is 0 Å².